The fourth-order valence-electron chi connectivity index (χ4n) is 4.39. The number of benzene rings is 1. The summed E-state index contributed by atoms with van der Waals surface area (Å²) in [6, 6.07) is 14.2. The third-order valence-electron chi connectivity index (χ3n) is 6.18. The maximum absolute atomic E-state index is 10.0. The van der Waals surface area contributed by atoms with Gasteiger partial charge >= 0.3 is 0 Å². The van der Waals surface area contributed by atoms with Gasteiger partial charge in [0, 0.05) is 35.8 Å². The van der Waals surface area contributed by atoms with Gasteiger partial charge in [-0.1, -0.05) is 17.3 Å². The third kappa shape index (κ3) is 4.23. The minimum atomic E-state index is -0.426. The number of fused-ring (bicyclic) bond motifs is 2. The Kier molecular flexibility index (Phi) is 5.40. The fourth-order valence-corrected chi connectivity index (χ4v) is 4.39. The summed E-state index contributed by atoms with van der Waals surface area (Å²) in [6.45, 7) is 1.52. The number of aliphatic hydroxyl groups excluding tert-OH is 1. The van der Waals surface area contributed by atoms with Gasteiger partial charge in [-0.15, -0.1) is 5.10 Å². The molecule has 4 aromatic heterocycles. The molecular weight excluding hydrogens is 430 g/mol. The molecule has 1 aliphatic rings. The summed E-state index contributed by atoms with van der Waals surface area (Å²) in [7, 11) is 0. The molecule has 6 rings (SSSR count). The second-order valence-electron chi connectivity index (χ2n) is 8.69. The molecular formula is C25H23N7O2. The first-order chi connectivity index (χ1) is 16.7. The lowest BCUT2D eigenvalue weighted by Crippen LogP contribution is -2.20. The summed E-state index contributed by atoms with van der Waals surface area (Å²) in [6.07, 6.45) is 6.23. The van der Waals surface area contributed by atoms with Crippen LogP contribution in [-0.2, 0) is 24.1 Å². The zero-order valence-electron chi connectivity index (χ0n) is 18.4. The molecule has 1 N–H and O–H groups in total. The van der Waals surface area contributed by atoms with E-state index >= 15 is 0 Å². The maximum atomic E-state index is 10.0. The molecule has 9 nitrogen and oxygen atoms in total. The number of nitrogens with zero attached hydrogens (tertiary/aromatic N) is 7. The second-order valence-corrected chi connectivity index (χ2v) is 8.69. The van der Waals surface area contributed by atoms with Gasteiger partial charge in [-0.05, 0) is 47.9 Å². The summed E-state index contributed by atoms with van der Waals surface area (Å²) >= 11 is 0. The predicted molar refractivity (Wildman–Crippen MR) is 125 cm³/mol. The van der Waals surface area contributed by atoms with E-state index < -0.39 is 6.10 Å². The van der Waals surface area contributed by atoms with Crippen LogP contribution in [-0.4, -0.2) is 59.4 Å². The maximum Gasteiger partial charge on any atom is 0.221 e. The zero-order valence-corrected chi connectivity index (χ0v) is 18.4. The molecule has 5 aromatic rings. The number of rotatable bonds is 6. The Balaban J connectivity index is 1.23. The van der Waals surface area contributed by atoms with Crippen LogP contribution in [0.25, 0.3) is 22.2 Å². The lowest BCUT2D eigenvalue weighted by Gasteiger charge is -2.12. The number of aliphatic hydroxyl groups is 1. The van der Waals surface area contributed by atoms with Gasteiger partial charge in [0.05, 0.1) is 43.3 Å². The van der Waals surface area contributed by atoms with Gasteiger partial charge in [-0.2, -0.15) is 0 Å². The van der Waals surface area contributed by atoms with E-state index in [0.29, 0.717) is 43.9 Å². The van der Waals surface area contributed by atoms with E-state index in [1.54, 1.807) is 23.3 Å². The van der Waals surface area contributed by atoms with Gasteiger partial charge in [0.2, 0.25) is 5.65 Å². The highest BCUT2D eigenvalue weighted by molar-refractivity contribution is 5.79. The molecule has 0 spiro atoms. The van der Waals surface area contributed by atoms with Crippen LogP contribution < -0.4 is 0 Å². The van der Waals surface area contributed by atoms with Gasteiger partial charge in [0.25, 0.3) is 0 Å². The average molecular weight is 454 g/mol. The molecule has 0 saturated carbocycles. The lowest BCUT2D eigenvalue weighted by atomic mass is 9.98. The zero-order chi connectivity index (χ0) is 22.9. The summed E-state index contributed by atoms with van der Waals surface area (Å²) < 4.78 is 7.14. The molecule has 1 aromatic carbocycles. The highest BCUT2D eigenvalue weighted by Gasteiger charge is 2.26. The van der Waals surface area contributed by atoms with E-state index in [9.17, 15) is 5.11 Å². The van der Waals surface area contributed by atoms with Crippen LogP contribution >= 0.6 is 0 Å². The first-order valence-electron chi connectivity index (χ1n) is 11.3. The Morgan fingerprint density at radius 3 is 2.85 bits per heavy atom. The van der Waals surface area contributed by atoms with Gasteiger partial charge < -0.3 is 9.84 Å². The van der Waals surface area contributed by atoms with Crippen molar-refractivity contribution < 1.29 is 9.84 Å². The molecule has 1 saturated heterocycles. The van der Waals surface area contributed by atoms with Crippen LogP contribution in [0, 0.1) is 5.92 Å². The summed E-state index contributed by atoms with van der Waals surface area (Å²) in [5, 5.41) is 19.6. The lowest BCUT2D eigenvalue weighted by molar-refractivity contribution is 0.118. The topological polar surface area (TPSA) is 112 Å². The van der Waals surface area contributed by atoms with E-state index in [1.165, 1.54) is 0 Å². The summed E-state index contributed by atoms with van der Waals surface area (Å²) in [4.78, 5) is 18.1. The summed E-state index contributed by atoms with van der Waals surface area (Å²) in [5.74, 6) is 0.0882. The Labute approximate surface area is 195 Å². The molecule has 2 atom stereocenters. The molecule has 9 heteroatoms. The van der Waals surface area contributed by atoms with Crippen molar-refractivity contribution in [2.24, 2.45) is 5.92 Å². The number of hydrogen-bond acceptors (Lipinski definition) is 8. The number of ether oxygens (including phenoxy) is 1. The van der Waals surface area contributed by atoms with Gasteiger partial charge in [0.1, 0.15) is 0 Å². The molecule has 170 valence electrons. The van der Waals surface area contributed by atoms with Crippen LogP contribution in [0.2, 0.25) is 0 Å². The van der Waals surface area contributed by atoms with Crippen molar-refractivity contribution in [3.8, 4) is 0 Å². The monoisotopic (exact) mass is 453 g/mol. The van der Waals surface area contributed by atoms with Crippen LogP contribution in [0.3, 0.4) is 0 Å². The van der Waals surface area contributed by atoms with E-state index in [0.717, 1.165) is 33.4 Å². The largest absolute Gasteiger partial charge is 0.390 e. The molecule has 1 fully saturated rings. The Hall–Kier alpha value is -3.82. The Morgan fingerprint density at radius 1 is 0.971 bits per heavy atom. The SMILES string of the molecule is OC1COCC1Cc1cc(Cc2cnc3nnn(Cc4ccc5ncccc5c4)c3n2)ccn1. The van der Waals surface area contributed by atoms with Gasteiger partial charge in [-0.25, -0.2) is 14.6 Å². The molecule has 0 radical (unpaired) electrons. The minimum absolute atomic E-state index is 0.0882. The smallest absolute Gasteiger partial charge is 0.221 e. The molecule has 0 aliphatic carbocycles. The molecule has 0 bridgehead atoms. The summed E-state index contributed by atoms with van der Waals surface area (Å²) in [5.41, 5.74) is 6.10. The highest BCUT2D eigenvalue weighted by atomic mass is 16.5. The normalized spacial score (nSPS) is 18.1. The molecule has 34 heavy (non-hydrogen) atoms. The van der Waals surface area contributed by atoms with Crippen molar-refractivity contribution in [1.82, 2.24) is 34.9 Å². The van der Waals surface area contributed by atoms with Crippen LogP contribution in [0.15, 0.2) is 61.1 Å². The average Bonchev–Trinajstić information content (AvgIpc) is 3.45. The van der Waals surface area contributed by atoms with E-state index in [-0.39, 0.29) is 5.92 Å². The van der Waals surface area contributed by atoms with Gasteiger partial charge in [0.15, 0.2) is 5.65 Å². The first-order valence-corrected chi connectivity index (χ1v) is 11.3. The Bertz CT molecular complexity index is 1470. The van der Waals surface area contributed by atoms with Gasteiger partial charge in [-0.3, -0.25) is 9.97 Å². The quantitative estimate of drug-likeness (QED) is 0.417. The van der Waals surface area contributed by atoms with E-state index in [2.05, 4.69) is 37.4 Å². The number of hydrogen-bond donors (Lipinski definition) is 1. The minimum Gasteiger partial charge on any atom is -0.390 e. The standard InChI is InChI=1S/C25H23N7O2/c33-23-15-34-14-19(23)11-20-9-16(5-7-26-20)10-21-12-28-24-25(29-21)32(31-30-24)13-17-3-4-22-18(8-17)2-1-6-27-22/h1-9,12,19,23,33H,10-11,13-15H2. The molecule has 0 amide bonds. The van der Waals surface area contributed by atoms with Crippen molar-refractivity contribution in [1.29, 1.82) is 0 Å². The van der Waals surface area contributed by atoms with E-state index in [1.807, 2.05) is 30.3 Å². The first kappa shape index (κ1) is 20.8. The van der Waals surface area contributed by atoms with Crippen LogP contribution in [0.4, 0.5) is 0 Å². The van der Waals surface area contributed by atoms with E-state index in [4.69, 9.17) is 9.72 Å². The van der Waals surface area contributed by atoms with Crippen molar-refractivity contribution in [3.05, 3.63) is 83.6 Å². The molecule has 2 unspecified atom stereocenters. The van der Waals surface area contributed by atoms with Crippen LogP contribution in [0.1, 0.15) is 22.5 Å². The van der Waals surface area contributed by atoms with Crippen LogP contribution in [0.5, 0.6) is 0 Å². The van der Waals surface area contributed by atoms with Crippen molar-refractivity contribution in [2.45, 2.75) is 25.5 Å². The van der Waals surface area contributed by atoms with Crippen molar-refractivity contribution in [2.75, 3.05) is 13.2 Å². The number of aromatic nitrogens is 7. The second kappa shape index (κ2) is 8.85. The predicted octanol–water partition coefficient (Wildman–Crippen LogP) is 2.35. The third-order valence-corrected chi connectivity index (χ3v) is 6.18. The van der Waals surface area contributed by atoms with Crippen molar-refractivity contribution >= 4 is 22.2 Å². The van der Waals surface area contributed by atoms with Crippen molar-refractivity contribution in [3.63, 3.8) is 0 Å². The Morgan fingerprint density at radius 2 is 1.94 bits per heavy atom. The number of pyridine rings is 2. The fraction of sp³-hybridized carbons (Fsp3) is 0.280. The highest BCUT2D eigenvalue weighted by Crippen LogP contribution is 2.20. The molecule has 5 heterocycles. The molecule has 1 aliphatic heterocycles.